The first-order valence-electron chi connectivity index (χ1n) is 17.9. The van der Waals surface area contributed by atoms with Crippen molar-refractivity contribution in [2.24, 2.45) is 17.3 Å². The van der Waals surface area contributed by atoms with Gasteiger partial charge in [-0.05, 0) is 95.9 Å². The van der Waals surface area contributed by atoms with Crippen molar-refractivity contribution in [3.8, 4) is 5.88 Å². The molecule has 1 aromatic heterocycles. The molecule has 2 aliphatic carbocycles. The number of hydrogen-bond acceptors (Lipinski definition) is 10. The molecule has 2 amide bonds. The Kier molecular flexibility index (Phi) is 12.0. The number of esters is 1. The molecule has 2 heterocycles. The molecule has 1 saturated heterocycles. The topological polar surface area (TPSA) is 166 Å². The summed E-state index contributed by atoms with van der Waals surface area (Å²) in [6, 6.07) is 6.42. The second-order valence-corrected chi connectivity index (χ2v) is 18.6. The van der Waals surface area contributed by atoms with Gasteiger partial charge in [-0.1, -0.05) is 33.6 Å². The minimum absolute atomic E-state index is 0.00860. The molecule has 3 aliphatic rings. The number of sulfonamides is 1. The molecule has 0 bridgehead atoms. The predicted molar refractivity (Wildman–Crippen MR) is 202 cm³/mol. The molecule has 2 saturated carbocycles. The summed E-state index contributed by atoms with van der Waals surface area (Å²) >= 11 is 3.49. The van der Waals surface area contributed by atoms with Gasteiger partial charge in [0.05, 0.1) is 29.7 Å². The first-order chi connectivity index (χ1) is 24.8. The van der Waals surface area contributed by atoms with E-state index < -0.39 is 73.8 Å². The number of rotatable bonds is 16. The highest BCUT2D eigenvalue weighted by atomic mass is 79.9. The number of ketones is 2. The second kappa shape index (κ2) is 15.8. The van der Waals surface area contributed by atoms with Crippen molar-refractivity contribution < 1.29 is 41.9 Å². The summed E-state index contributed by atoms with van der Waals surface area (Å²) in [7, 11) is -3.88. The lowest BCUT2D eigenvalue weighted by Gasteiger charge is -2.29. The third-order valence-electron chi connectivity index (χ3n) is 9.82. The number of halogens is 1. The number of allylic oxidation sites excluding steroid dienone is 3. The van der Waals surface area contributed by atoms with Gasteiger partial charge in [0.2, 0.25) is 27.7 Å². The number of ether oxygens (including phenoxy) is 2. The third-order valence-corrected chi connectivity index (χ3v) is 12.1. The van der Waals surface area contributed by atoms with Crippen molar-refractivity contribution >= 4 is 66.1 Å². The number of Topliss-reactive ketones (excluding diaryl/α,β-unsaturated/α-hetero) is 1. The number of hydrogen-bond donors (Lipinski definition) is 1. The van der Waals surface area contributed by atoms with Crippen molar-refractivity contribution in [1.29, 1.82) is 0 Å². The molecule has 5 atom stereocenters. The Bertz CT molecular complexity index is 1950. The predicted octanol–water partition coefficient (Wildman–Crippen LogP) is 5.77. The van der Waals surface area contributed by atoms with Gasteiger partial charge in [0.15, 0.2) is 11.6 Å². The monoisotopic (exact) mass is 813 g/mol. The fourth-order valence-corrected chi connectivity index (χ4v) is 8.69. The van der Waals surface area contributed by atoms with Gasteiger partial charge in [-0.3, -0.25) is 28.7 Å². The smallest absolute Gasteiger partial charge is 0.307 e. The molecule has 1 aromatic carbocycles. The first-order valence-corrected chi connectivity index (χ1v) is 20.3. The summed E-state index contributed by atoms with van der Waals surface area (Å²) in [5.74, 6) is -3.66. The quantitative estimate of drug-likeness (QED) is 0.125. The average molecular weight is 815 g/mol. The lowest BCUT2D eigenvalue weighted by atomic mass is 9.90. The number of carbonyl (C=O) groups excluding carboxylic acids is 5. The minimum Gasteiger partial charge on any atom is -0.472 e. The van der Waals surface area contributed by atoms with E-state index in [4.69, 9.17) is 9.47 Å². The van der Waals surface area contributed by atoms with Crippen molar-refractivity contribution in [3.05, 3.63) is 59.2 Å². The number of likely N-dealkylation sites (tertiary alicyclic amines) is 1. The zero-order valence-electron chi connectivity index (χ0n) is 30.9. The number of benzene rings is 1. The van der Waals surface area contributed by atoms with Crippen LogP contribution in [-0.4, -0.2) is 77.2 Å². The van der Waals surface area contributed by atoms with Crippen LogP contribution in [0.25, 0.3) is 10.8 Å². The van der Waals surface area contributed by atoms with E-state index in [0.29, 0.717) is 18.7 Å². The van der Waals surface area contributed by atoms with Gasteiger partial charge in [-0.25, -0.2) is 13.4 Å². The van der Waals surface area contributed by atoms with Gasteiger partial charge in [0, 0.05) is 41.2 Å². The summed E-state index contributed by atoms with van der Waals surface area (Å²) in [6.07, 6.45) is 4.54. The van der Waals surface area contributed by atoms with Gasteiger partial charge >= 0.3 is 5.97 Å². The summed E-state index contributed by atoms with van der Waals surface area (Å²) in [4.78, 5) is 74.1. The Morgan fingerprint density at radius 3 is 2.49 bits per heavy atom. The van der Waals surface area contributed by atoms with Crippen LogP contribution >= 0.6 is 15.9 Å². The lowest BCUT2D eigenvalue weighted by molar-refractivity contribution is -0.159. The standard InChI is InChI=1S/C39H48BrN3O9S/c1-7-26-20-39(26,37(48)42-53(49,50)30-12-13-30)21-33(45)32-19-29(51-35-31-18-27(40)10-8-24(31)14-15-41-35)22-43(32)36(47)25(9-11-28(44)16-23(2)3)17-34(46)52-38(4,5)6/h7-8,10,14-16,18,25-26,29-30,32H,1,9,11-13,17,19-22H2,2-6H3,(H,42,48)/t25-,26-,29-,32+,39-/m1/s1. The maximum absolute atomic E-state index is 14.5. The first kappa shape index (κ1) is 40.3. The maximum Gasteiger partial charge on any atom is 0.307 e. The fourth-order valence-electron chi connectivity index (χ4n) is 6.95. The van der Waals surface area contributed by atoms with Gasteiger partial charge in [0.1, 0.15) is 11.7 Å². The largest absolute Gasteiger partial charge is 0.472 e. The average Bonchev–Trinajstić information content (AvgIpc) is 3.98. The Morgan fingerprint density at radius 1 is 1.15 bits per heavy atom. The normalized spacial score (nSPS) is 23.1. The Balaban J connectivity index is 1.45. The number of amides is 2. The van der Waals surface area contributed by atoms with Gasteiger partial charge in [-0.15, -0.1) is 6.58 Å². The lowest BCUT2D eigenvalue weighted by Crippen LogP contribution is -2.46. The molecule has 1 aliphatic heterocycles. The Hall–Kier alpha value is -3.91. The number of nitrogens with zero attached hydrogens (tertiary/aromatic N) is 2. The molecule has 14 heteroatoms. The molecule has 12 nitrogen and oxygen atoms in total. The molecule has 1 N–H and O–H groups in total. The van der Waals surface area contributed by atoms with Crippen molar-refractivity contribution in [2.45, 2.75) is 109 Å². The van der Waals surface area contributed by atoms with Crippen LogP contribution in [0.5, 0.6) is 5.88 Å². The van der Waals surface area contributed by atoms with Crippen LogP contribution < -0.4 is 9.46 Å². The van der Waals surface area contributed by atoms with E-state index in [1.807, 2.05) is 24.3 Å². The van der Waals surface area contributed by atoms with E-state index in [-0.39, 0.29) is 50.9 Å². The summed E-state index contributed by atoms with van der Waals surface area (Å²) in [5, 5.41) is 0.956. The molecule has 2 aromatic rings. The van der Waals surface area contributed by atoms with Gasteiger partial charge in [-0.2, -0.15) is 0 Å². The highest BCUT2D eigenvalue weighted by molar-refractivity contribution is 9.10. The van der Waals surface area contributed by atoms with Crippen molar-refractivity contribution in [1.82, 2.24) is 14.6 Å². The van der Waals surface area contributed by atoms with Crippen LogP contribution in [0.3, 0.4) is 0 Å². The van der Waals surface area contributed by atoms with Crippen molar-refractivity contribution in [2.75, 3.05) is 6.54 Å². The van der Waals surface area contributed by atoms with Crippen molar-refractivity contribution in [3.63, 3.8) is 0 Å². The molecule has 0 spiro atoms. The SMILES string of the molecule is C=C[C@@H]1C[C@]1(CC(=O)[C@@H]1C[C@@H](Oc2nccc3ccc(Br)cc23)CN1C(=O)[C@H](CCC(=O)C=C(C)C)CC(=O)OC(C)(C)C)C(=O)NS(=O)(=O)C1CC1. The Labute approximate surface area is 319 Å². The van der Waals surface area contributed by atoms with Crippen LogP contribution in [0, 0.1) is 17.3 Å². The van der Waals surface area contributed by atoms with E-state index in [0.717, 1.165) is 20.8 Å². The molecule has 5 rings (SSSR count). The van der Waals surface area contributed by atoms with Crippen LogP contribution in [0.1, 0.15) is 86.0 Å². The van der Waals surface area contributed by atoms with E-state index in [9.17, 15) is 32.4 Å². The molecule has 3 fully saturated rings. The number of pyridine rings is 1. The number of aromatic nitrogens is 1. The van der Waals surface area contributed by atoms with E-state index in [1.165, 1.54) is 11.0 Å². The molecular formula is C39H48BrN3O9S. The second-order valence-electron chi connectivity index (χ2n) is 15.7. The minimum atomic E-state index is -3.88. The van der Waals surface area contributed by atoms with Gasteiger partial charge < -0.3 is 14.4 Å². The number of fused-ring (bicyclic) bond motifs is 1. The van der Waals surface area contributed by atoms with E-state index in [2.05, 4.69) is 32.2 Å². The Morgan fingerprint density at radius 2 is 1.87 bits per heavy atom. The molecule has 0 radical (unpaired) electrons. The summed E-state index contributed by atoms with van der Waals surface area (Å²) in [6.45, 7) is 12.5. The zero-order chi connectivity index (χ0) is 38.9. The summed E-state index contributed by atoms with van der Waals surface area (Å²) in [5.41, 5.74) is -1.35. The molecule has 53 heavy (non-hydrogen) atoms. The van der Waals surface area contributed by atoms with Crippen LogP contribution in [0.15, 0.2) is 59.2 Å². The molecule has 0 unspecified atom stereocenters. The highest BCUT2D eigenvalue weighted by Gasteiger charge is 2.61. The fraction of sp³-hybridized carbons (Fsp3) is 0.538. The number of nitrogens with one attached hydrogen (secondary N) is 1. The van der Waals surface area contributed by atoms with Crippen LogP contribution in [-0.2, 0) is 38.7 Å². The molecular weight excluding hydrogens is 766 g/mol. The van der Waals surface area contributed by atoms with Gasteiger partial charge in [0.25, 0.3) is 0 Å². The van der Waals surface area contributed by atoms with Crippen LogP contribution in [0.4, 0.5) is 0 Å². The van der Waals surface area contributed by atoms with E-state index in [1.54, 1.807) is 46.9 Å². The van der Waals surface area contributed by atoms with E-state index >= 15 is 0 Å². The zero-order valence-corrected chi connectivity index (χ0v) is 33.3. The highest BCUT2D eigenvalue weighted by Crippen LogP contribution is 2.57. The number of carbonyl (C=O) groups is 5. The maximum atomic E-state index is 14.5. The van der Waals surface area contributed by atoms with Crippen LogP contribution in [0.2, 0.25) is 0 Å². The summed E-state index contributed by atoms with van der Waals surface area (Å²) < 4.78 is 40.4. The molecule has 286 valence electrons. The third kappa shape index (κ3) is 10.00.